The number of tetrazole rings is 1. The van der Waals surface area contributed by atoms with Crippen molar-refractivity contribution in [3.8, 4) is 5.69 Å². The first-order valence-corrected chi connectivity index (χ1v) is 7.87. The summed E-state index contributed by atoms with van der Waals surface area (Å²) in [5.41, 5.74) is 0.996. The van der Waals surface area contributed by atoms with Crippen molar-refractivity contribution in [1.29, 1.82) is 0 Å². The van der Waals surface area contributed by atoms with E-state index in [0.717, 1.165) is 49.7 Å². The van der Waals surface area contributed by atoms with Crippen molar-refractivity contribution in [3.05, 3.63) is 30.3 Å². The number of halogens is 1. The van der Waals surface area contributed by atoms with Crippen molar-refractivity contribution in [1.82, 2.24) is 25.1 Å². The lowest BCUT2D eigenvalue weighted by Gasteiger charge is -2.34. The molecule has 0 amide bonds. The Bertz CT molecular complexity index is 535. The molecule has 2 aromatic rings. The summed E-state index contributed by atoms with van der Waals surface area (Å²) in [6, 6.07) is 10.0. The SMILES string of the molecule is BrCCN1CCN(c2nnnn2-c2ccccc2)CC1. The summed E-state index contributed by atoms with van der Waals surface area (Å²) in [6.07, 6.45) is 0. The number of rotatable bonds is 4. The monoisotopic (exact) mass is 336 g/mol. The fourth-order valence-corrected chi connectivity index (χ4v) is 2.91. The number of nitrogens with zero attached hydrogens (tertiary/aromatic N) is 6. The van der Waals surface area contributed by atoms with Crippen molar-refractivity contribution in [3.63, 3.8) is 0 Å². The van der Waals surface area contributed by atoms with E-state index in [0.29, 0.717) is 0 Å². The molecule has 1 aliphatic rings. The summed E-state index contributed by atoms with van der Waals surface area (Å²) in [4.78, 5) is 4.69. The first-order valence-electron chi connectivity index (χ1n) is 6.75. The molecule has 1 aromatic carbocycles. The number of anilines is 1. The summed E-state index contributed by atoms with van der Waals surface area (Å²) >= 11 is 3.49. The van der Waals surface area contributed by atoms with Crippen LogP contribution < -0.4 is 4.90 Å². The van der Waals surface area contributed by atoms with Crippen molar-refractivity contribution in [2.75, 3.05) is 43.0 Å². The molecule has 0 unspecified atom stereocenters. The maximum absolute atomic E-state index is 4.19. The van der Waals surface area contributed by atoms with Crippen molar-refractivity contribution < 1.29 is 0 Å². The van der Waals surface area contributed by atoms with Gasteiger partial charge in [0.15, 0.2) is 0 Å². The zero-order valence-corrected chi connectivity index (χ0v) is 12.8. The molecule has 20 heavy (non-hydrogen) atoms. The van der Waals surface area contributed by atoms with E-state index in [1.54, 1.807) is 4.68 Å². The Morgan fingerprint density at radius 3 is 2.50 bits per heavy atom. The number of aromatic nitrogens is 4. The smallest absolute Gasteiger partial charge is 0.250 e. The van der Waals surface area contributed by atoms with Gasteiger partial charge in [-0.15, -0.1) is 0 Å². The molecule has 0 aliphatic carbocycles. The number of benzene rings is 1. The summed E-state index contributed by atoms with van der Waals surface area (Å²) in [5, 5.41) is 13.1. The second-order valence-corrected chi connectivity index (χ2v) is 5.54. The topological polar surface area (TPSA) is 50.1 Å². The molecule has 106 valence electrons. The van der Waals surface area contributed by atoms with E-state index in [1.807, 2.05) is 30.3 Å². The van der Waals surface area contributed by atoms with Crippen LogP contribution in [0, 0.1) is 0 Å². The normalized spacial score (nSPS) is 16.6. The lowest BCUT2D eigenvalue weighted by atomic mass is 10.3. The van der Waals surface area contributed by atoms with Gasteiger partial charge in [-0.1, -0.05) is 39.2 Å². The van der Waals surface area contributed by atoms with Crippen LogP contribution in [0.4, 0.5) is 5.95 Å². The zero-order chi connectivity index (χ0) is 13.8. The second-order valence-electron chi connectivity index (χ2n) is 4.74. The first-order chi connectivity index (χ1) is 9.88. The van der Waals surface area contributed by atoms with Gasteiger partial charge in [0.2, 0.25) is 5.95 Å². The van der Waals surface area contributed by atoms with Gasteiger partial charge in [0.25, 0.3) is 0 Å². The Morgan fingerprint density at radius 2 is 1.80 bits per heavy atom. The fourth-order valence-electron chi connectivity index (χ4n) is 2.41. The van der Waals surface area contributed by atoms with Crippen molar-refractivity contribution in [2.45, 2.75) is 0 Å². The van der Waals surface area contributed by atoms with Crippen LogP contribution in [0.2, 0.25) is 0 Å². The average molecular weight is 337 g/mol. The molecule has 0 spiro atoms. The Balaban J connectivity index is 1.75. The minimum absolute atomic E-state index is 0.828. The molecular formula is C13H17BrN6. The van der Waals surface area contributed by atoms with E-state index in [2.05, 4.69) is 41.3 Å². The molecule has 6 nitrogen and oxygen atoms in total. The van der Waals surface area contributed by atoms with E-state index in [-0.39, 0.29) is 0 Å². The largest absolute Gasteiger partial charge is 0.337 e. The second kappa shape index (κ2) is 6.32. The van der Waals surface area contributed by atoms with Gasteiger partial charge in [-0.25, -0.2) is 0 Å². The predicted molar refractivity (Wildman–Crippen MR) is 81.6 cm³/mol. The van der Waals surface area contributed by atoms with Gasteiger partial charge in [0.05, 0.1) is 5.69 Å². The molecule has 1 aliphatic heterocycles. The van der Waals surface area contributed by atoms with Gasteiger partial charge in [0.1, 0.15) is 0 Å². The molecule has 0 bridgehead atoms. The number of para-hydroxylation sites is 1. The highest BCUT2D eigenvalue weighted by atomic mass is 79.9. The van der Waals surface area contributed by atoms with Crippen LogP contribution in [-0.2, 0) is 0 Å². The lowest BCUT2D eigenvalue weighted by Crippen LogP contribution is -2.47. The molecule has 0 radical (unpaired) electrons. The third-order valence-electron chi connectivity index (χ3n) is 3.51. The standard InChI is InChI=1S/C13H17BrN6/c14-6-7-18-8-10-19(11-9-18)13-15-16-17-20(13)12-4-2-1-3-5-12/h1-5H,6-11H2. The highest BCUT2D eigenvalue weighted by molar-refractivity contribution is 9.09. The summed E-state index contributed by atoms with van der Waals surface area (Å²) in [7, 11) is 0. The lowest BCUT2D eigenvalue weighted by molar-refractivity contribution is 0.272. The molecule has 1 fully saturated rings. The molecule has 1 aromatic heterocycles. The summed E-state index contributed by atoms with van der Waals surface area (Å²) < 4.78 is 1.81. The van der Waals surface area contributed by atoms with Crippen LogP contribution in [0.25, 0.3) is 5.69 Å². The Morgan fingerprint density at radius 1 is 1.05 bits per heavy atom. The minimum atomic E-state index is 0.828. The van der Waals surface area contributed by atoms with Crippen molar-refractivity contribution >= 4 is 21.9 Å². The van der Waals surface area contributed by atoms with Gasteiger partial charge in [0, 0.05) is 38.1 Å². The Labute approximate surface area is 126 Å². The molecule has 2 heterocycles. The number of piperazine rings is 1. The molecule has 1 saturated heterocycles. The number of alkyl halides is 1. The Kier molecular flexibility index (Phi) is 4.27. The van der Waals surface area contributed by atoms with Crippen LogP contribution in [0.15, 0.2) is 30.3 Å². The van der Waals surface area contributed by atoms with Crippen molar-refractivity contribution in [2.24, 2.45) is 0 Å². The van der Waals surface area contributed by atoms with Gasteiger partial charge >= 0.3 is 0 Å². The number of hydrogen-bond acceptors (Lipinski definition) is 5. The van der Waals surface area contributed by atoms with Gasteiger partial charge < -0.3 is 4.90 Å². The molecule has 3 rings (SSSR count). The van der Waals surface area contributed by atoms with E-state index >= 15 is 0 Å². The van der Waals surface area contributed by atoms with Crippen LogP contribution in [0.5, 0.6) is 0 Å². The van der Waals surface area contributed by atoms with Crippen LogP contribution >= 0.6 is 15.9 Å². The molecule has 0 N–H and O–H groups in total. The molecule has 0 atom stereocenters. The molecule has 0 saturated carbocycles. The van der Waals surface area contributed by atoms with E-state index in [4.69, 9.17) is 0 Å². The Hall–Kier alpha value is -1.47. The quantitative estimate of drug-likeness (QED) is 0.785. The summed E-state index contributed by atoms with van der Waals surface area (Å²) in [6.45, 7) is 5.11. The van der Waals surface area contributed by atoms with Gasteiger partial charge in [-0.3, -0.25) is 4.90 Å². The maximum atomic E-state index is 4.19. The van der Waals surface area contributed by atoms with E-state index < -0.39 is 0 Å². The first kappa shape index (κ1) is 13.5. The van der Waals surface area contributed by atoms with E-state index in [9.17, 15) is 0 Å². The third kappa shape index (κ3) is 2.83. The van der Waals surface area contributed by atoms with Crippen LogP contribution in [0.3, 0.4) is 0 Å². The maximum Gasteiger partial charge on any atom is 0.250 e. The average Bonchev–Trinajstić information content (AvgIpc) is 2.99. The zero-order valence-electron chi connectivity index (χ0n) is 11.2. The van der Waals surface area contributed by atoms with E-state index in [1.165, 1.54) is 0 Å². The summed E-state index contributed by atoms with van der Waals surface area (Å²) in [5.74, 6) is 0.828. The highest BCUT2D eigenvalue weighted by Crippen LogP contribution is 2.16. The third-order valence-corrected chi connectivity index (χ3v) is 3.86. The minimum Gasteiger partial charge on any atom is -0.337 e. The van der Waals surface area contributed by atoms with Crippen LogP contribution in [0.1, 0.15) is 0 Å². The van der Waals surface area contributed by atoms with Gasteiger partial charge in [-0.2, -0.15) is 4.68 Å². The highest BCUT2D eigenvalue weighted by Gasteiger charge is 2.21. The number of hydrogen-bond donors (Lipinski definition) is 0. The predicted octanol–water partition coefficient (Wildman–Crippen LogP) is 1.18. The fraction of sp³-hybridized carbons (Fsp3) is 0.462. The van der Waals surface area contributed by atoms with Crippen LogP contribution in [-0.4, -0.2) is 63.2 Å². The molecular weight excluding hydrogens is 320 g/mol. The van der Waals surface area contributed by atoms with Gasteiger partial charge in [-0.05, 0) is 22.6 Å². The molecule has 7 heteroatoms.